The second kappa shape index (κ2) is 4.39. The van der Waals surface area contributed by atoms with Gasteiger partial charge in [0.15, 0.2) is 0 Å². The highest BCUT2D eigenvalue weighted by atomic mass is 32.1. The number of aromatic nitrogens is 3. The van der Waals surface area contributed by atoms with Crippen LogP contribution in [0.15, 0.2) is 12.4 Å². The van der Waals surface area contributed by atoms with Crippen molar-refractivity contribution in [3.63, 3.8) is 0 Å². The van der Waals surface area contributed by atoms with Gasteiger partial charge in [-0.3, -0.25) is 0 Å². The van der Waals surface area contributed by atoms with Crippen molar-refractivity contribution in [1.29, 1.82) is 0 Å². The summed E-state index contributed by atoms with van der Waals surface area (Å²) in [5, 5.41) is 4.63. The van der Waals surface area contributed by atoms with Crippen LogP contribution in [-0.2, 0) is 0 Å². The zero-order chi connectivity index (χ0) is 12.7. The minimum absolute atomic E-state index is 0.260. The molecule has 1 aliphatic rings. The predicted octanol–water partition coefficient (Wildman–Crippen LogP) is 3.46. The molecule has 1 fully saturated rings. The van der Waals surface area contributed by atoms with Crippen LogP contribution in [0.2, 0.25) is 0 Å². The van der Waals surface area contributed by atoms with Gasteiger partial charge in [0.2, 0.25) is 5.95 Å². The molecule has 0 bridgehead atoms. The molecule has 1 unspecified atom stereocenters. The van der Waals surface area contributed by atoms with Crippen molar-refractivity contribution < 1.29 is 0 Å². The Morgan fingerprint density at radius 1 is 1.44 bits per heavy atom. The molecule has 0 spiro atoms. The summed E-state index contributed by atoms with van der Waals surface area (Å²) < 4.78 is 2.25. The summed E-state index contributed by atoms with van der Waals surface area (Å²) in [7, 11) is 0. The lowest BCUT2D eigenvalue weighted by molar-refractivity contribution is 0.728. The molecule has 0 amide bonds. The third-order valence-electron chi connectivity index (χ3n) is 3.29. The molecule has 0 radical (unpaired) electrons. The highest BCUT2D eigenvalue weighted by molar-refractivity contribution is 7.11. The maximum atomic E-state index is 4.48. The molecule has 3 rings (SSSR count). The Hall–Kier alpha value is -1.36. The maximum absolute atomic E-state index is 4.48. The summed E-state index contributed by atoms with van der Waals surface area (Å²) in [6.45, 7) is 6.30. The SMILES string of the molecule is Cc1nc(C)c(C(C)Nc2nccn2C2CC2)s1. The molecular formula is C13H18N4S. The Labute approximate surface area is 111 Å². The van der Waals surface area contributed by atoms with Crippen LogP contribution in [0.5, 0.6) is 0 Å². The van der Waals surface area contributed by atoms with E-state index in [1.54, 1.807) is 11.3 Å². The number of imidazole rings is 1. The molecule has 4 nitrogen and oxygen atoms in total. The average molecular weight is 262 g/mol. The van der Waals surface area contributed by atoms with Crippen LogP contribution in [0.25, 0.3) is 0 Å². The minimum atomic E-state index is 0.260. The molecule has 1 atom stereocenters. The first-order valence-corrected chi connectivity index (χ1v) is 7.20. The van der Waals surface area contributed by atoms with Crippen molar-refractivity contribution in [1.82, 2.24) is 14.5 Å². The third kappa shape index (κ3) is 2.14. The van der Waals surface area contributed by atoms with E-state index in [9.17, 15) is 0 Å². The first-order chi connectivity index (χ1) is 8.65. The number of nitrogens with zero attached hydrogens (tertiary/aromatic N) is 3. The van der Waals surface area contributed by atoms with E-state index in [1.165, 1.54) is 17.7 Å². The number of nitrogens with one attached hydrogen (secondary N) is 1. The highest BCUT2D eigenvalue weighted by Crippen LogP contribution is 2.37. The van der Waals surface area contributed by atoms with Crippen molar-refractivity contribution in [3.8, 4) is 0 Å². The predicted molar refractivity (Wildman–Crippen MR) is 74.1 cm³/mol. The molecule has 0 aromatic carbocycles. The molecule has 5 heteroatoms. The monoisotopic (exact) mass is 262 g/mol. The number of thiazole rings is 1. The van der Waals surface area contributed by atoms with Gasteiger partial charge in [0.1, 0.15) is 0 Å². The van der Waals surface area contributed by atoms with Gasteiger partial charge in [-0.2, -0.15) is 0 Å². The van der Waals surface area contributed by atoms with Gasteiger partial charge in [0, 0.05) is 23.3 Å². The van der Waals surface area contributed by atoms with Crippen molar-refractivity contribution in [2.75, 3.05) is 5.32 Å². The number of rotatable bonds is 4. The molecule has 2 aromatic heterocycles. The summed E-state index contributed by atoms with van der Waals surface area (Å²) in [5.41, 5.74) is 1.13. The van der Waals surface area contributed by atoms with Crippen LogP contribution in [0.3, 0.4) is 0 Å². The zero-order valence-corrected chi connectivity index (χ0v) is 11.8. The van der Waals surface area contributed by atoms with Crippen LogP contribution in [-0.4, -0.2) is 14.5 Å². The Balaban J connectivity index is 1.79. The molecule has 1 saturated carbocycles. The average Bonchev–Trinajstić information content (AvgIpc) is 2.97. The smallest absolute Gasteiger partial charge is 0.203 e. The van der Waals surface area contributed by atoms with Gasteiger partial charge in [-0.25, -0.2) is 9.97 Å². The van der Waals surface area contributed by atoms with Crippen molar-refractivity contribution >= 4 is 17.3 Å². The lowest BCUT2D eigenvalue weighted by Gasteiger charge is -2.15. The van der Waals surface area contributed by atoms with E-state index in [4.69, 9.17) is 0 Å². The molecule has 0 aliphatic heterocycles. The summed E-state index contributed by atoms with van der Waals surface area (Å²) >= 11 is 1.76. The topological polar surface area (TPSA) is 42.7 Å². The lowest BCUT2D eigenvalue weighted by atomic mass is 10.2. The normalized spacial score (nSPS) is 16.8. The fourth-order valence-corrected chi connectivity index (χ4v) is 3.21. The van der Waals surface area contributed by atoms with Crippen LogP contribution in [0.1, 0.15) is 47.4 Å². The zero-order valence-electron chi connectivity index (χ0n) is 11.0. The first-order valence-electron chi connectivity index (χ1n) is 6.38. The maximum Gasteiger partial charge on any atom is 0.203 e. The number of anilines is 1. The van der Waals surface area contributed by atoms with Gasteiger partial charge in [-0.15, -0.1) is 11.3 Å². The second-order valence-electron chi connectivity index (χ2n) is 4.94. The summed E-state index contributed by atoms with van der Waals surface area (Å²) in [6, 6.07) is 0.919. The summed E-state index contributed by atoms with van der Waals surface area (Å²) in [5.74, 6) is 0.982. The van der Waals surface area contributed by atoms with E-state index < -0.39 is 0 Å². The van der Waals surface area contributed by atoms with E-state index in [-0.39, 0.29) is 6.04 Å². The molecular weight excluding hydrogens is 244 g/mol. The van der Waals surface area contributed by atoms with Gasteiger partial charge in [-0.05, 0) is 33.6 Å². The quantitative estimate of drug-likeness (QED) is 0.917. The van der Waals surface area contributed by atoms with Crippen LogP contribution < -0.4 is 5.32 Å². The van der Waals surface area contributed by atoms with E-state index in [2.05, 4.69) is 46.8 Å². The molecule has 18 heavy (non-hydrogen) atoms. The Kier molecular flexibility index (Phi) is 2.86. The lowest BCUT2D eigenvalue weighted by Crippen LogP contribution is -2.11. The van der Waals surface area contributed by atoms with Crippen molar-refractivity contribution in [3.05, 3.63) is 28.0 Å². The van der Waals surface area contributed by atoms with Gasteiger partial charge in [0.25, 0.3) is 0 Å². The fourth-order valence-electron chi connectivity index (χ4n) is 2.28. The standard InChI is InChI=1S/C13H18N4S/c1-8-12(18-10(3)15-8)9(2)16-13-14-6-7-17(13)11-4-5-11/h6-7,9,11H,4-5H2,1-3H3,(H,14,16). The van der Waals surface area contributed by atoms with Gasteiger partial charge in [0.05, 0.1) is 16.7 Å². The van der Waals surface area contributed by atoms with Gasteiger partial charge in [-0.1, -0.05) is 0 Å². The van der Waals surface area contributed by atoms with Gasteiger partial charge >= 0.3 is 0 Å². The molecule has 0 saturated heterocycles. The van der Waals surface area contributed by atoms with E-state index in [0.29, 0.717) is 6.04 Å². The van der Waals surface area contributed by atoms with Crippen molar-refractivity contribution in [2.24, 2.45) is 0 Å². The van der Waals surface area contributed by atoms with E-state index in [1.807, 2.05) is 6.20 Å². The minimum Gasteiger partial charge on any atom is -0.348 e. The Bertz CT molecular complexity index is 553. The van der Waals surface area contributed by atoms with Gasteiger partial charge < -0.3 is 9.88 Å². The first kappa shape index (κ1) is 11.7. The molecule has 2 heterocycles. The Morgan fingerprint density at radius 2 is 2.22 bits per heavy atom. The molecule has 2 aromatic rings. The number of aryl methyl sites for hydroxylation is 2. The summed E-state index contributed by atoms with van der Waals surface area (Å²) in [4.78, 5) is 10.2. The number of hydrogen-bond acceptors (Lipinski definition) is 4. The van der Waals surface area contributed by atoms with E-state index in [0.717, 1.165) is 16.6 Å². The van der Waals surface area contributed by atoms with Crippen LogP contribution >= 0.6 is 11.3 Å². The second-order valence-corrected chi connectivity index (χ2v) is 6.17. The molecule has 1 aliphatic carbocycles. The van der Waals surface area contributed by atoms with Crippen LogP contribution in [0, 0.1) is 13.8 Å². The Morgan fingerprint density at radius 3 is 2.83 bits per heavy atom. The van der Waals surface area contributed by atoms with E-state index >= 15 is 0 Å². The fraction of sp³-hybridized carbons (Fsp3) is 0.538. The highest BCUT2D eigenvalue weighted by Gasteiger charge is 2.26. The molecule has 96 valence electrons. The summed E-state index contributed by atoms with van der Waals surface area (Å²) in [6.07, 6.45) is 6.49. The number of hydrogen-bond donors (Lipinski definition) is 1. The van der Waals surface area contributed by atoms with Crippen LogP contribution in [0.4, 0.5) is 5.95 Å². The largest absolute Gasteiger partial charge is 0.348 e. The van der Waals surface area contributed by atoms with Crippen molar-refractivity contribution in [2.45, 2.75) is 45.7 Å². The third-order valence-corrected chi connectivity index (χ3v) is 4.54. The molecule has 1 N–H and O–H groups in total.